The normalized spacial score (nSPS) is 24.3. The molecule has 2 N–H and O–H groups in total. The number of hydrogen-bond donors (Lipinski definition) is 1. The molecule has 0 spiro atoms. The van der Waals surface area contributed by atoms with Crippen molar-refractivity contribution >= 4 is 10.0 Å². The largest absolute Gasteiger partial charge is 0.327 e. The summed E-state index contributed by atoms with van der Waals surface area (Å²) in [6.45, 7) is 2.58. The highest BCUT2D eigenvalue weighted by Crippen LogP contribution is 2.24. The number of nitrogens with zero attached hydrogens (tertiary/aromatic N) is 2. The summed E-state index contributed by atoms with van der Waals surface area (Å²) in [4.78, 5) is -0.0573. The second kappa shape index (κ2) is 5.48. The number of nitriles is 1. The van der Waals surface area contributed by atoms with Crippen LogP contribution in [0.4, 0.5) is 4.39 Å². The van der Waals surface area contributed by atoms with Gasteiger partial charge in [-0.25, -0.2) is 12.8 Å². The van der Waals surface area contributed by atoms with Crippen molar-refractivity contribution in [2.75, 3.05) is 13.1 Å². The Morgan fingerprint density at radius 1 is 1.50 bits per heavy atom. The first-order chi connectivity index (χ1) is 9.36. The van der Waals surface area contributed by atoms with Crippen LogP contribution in [0.25, 0.3) is 0 Å². The monoisotopic (exact) mass is 297 g/mol. The van der Waals surface area contributed by atoms with Crippen molar-refractivity contribution in [1.29, 1.82) is 5.26 Å². The lowest BCUT2D eigenvalue weighted by Crippen LogP contribution is -2.48. The van der Waals surface area contributed by atoms with Gasteiger partial charge < -0.3 is 5.73 Å². The molecule has 0 aliphatic carbocycles. The van der Waals surface area contributed by atoms with E-state index in [9.17, 15) is 12.8 Å². The van der Waals surface area contributed by atoms with Crippen molar-refractivity contribution in [3.8, 4) is 6.07 Å². The lowest BCUT2D eigenvalue weighted by Gasteiger charge is -2.34. The fourth-order valence-corrected chi connectivity index (χ4v) is 3.83. The minimum Gasteiger partial charge on any atom is -0.327 e. The average Bonchev–Trinajstić information content (AvgIpc) is 2.42. The number of piperidine rings is 1. The maximum Gasteiger partial charge on any atom is 0.243 e. The van der Waals surface area contributed by atoms with Gasteiger partial charge in [0.1, 0.15) is 11.9 Å². The maximum atomic E-state index is 13.3. The Bertz CT molecular complexity index is 654. The zero-order chi connectivity index (χ0) is 14.9. The van der Waals surface area contributed by atoms with Crippen LogP contribution in [0.15, 0.2) is 23.1 Å². The Morgan fingerprint density at radius 3 is 2.80 bits per heavy atom. The molecular weight excluding hydrogens is 281 g/mol. The van der Waals surface area contributed by atoms with E-state index >= 15 is 0 Å². The summed E-state index contributed by atoms with van der Waals surface area (Å²) in [6, 6.07) is 4.90. The van der Waals surface area contributed by atoms with E-state index in [1.165, 1.54) is 10.4 Å². The molecule has 7 heteroatoms. The van der Waals surface area contributed by atoms with Gasteiger partial charge in [-0.05, 0) is 30.5 Å². The van der Waals surface area contributed by atoms with Gasteiger partial charge in [-0.1, -0.05) is 6.92 Å². The Balaban J connectivity index is 2.34. The molecule has 1 aliphatic heterocycles. The van der Waals surface area contributed by atoms with Gasteiger partial charge >= 0.3 is 0 Å². The van der Waals surface area contributed by atoms with Crippen molar-refractivity contribution < 1.29 is 12.8 Å². The van der Waals surface area contributed by atoms with Crippen molar-refractivity contribution in [3.05, 3.63) is 29.6 Å². The number of nitrogens with two attached hydrogens (primary N) is 1. The van der Waals surface area contributed by atoms with E-state index in [1.54, 1.807) is 6.07 Å². The van der Waals surface area contributed by atoms with E-state index < -0.39 is 15.8 Å². The van der Waals surface area contributed by atoms with E-state index in [0.717, 1.165) is 12.1 Å². The smallest absolute Gasteiger partial charge is 0.243 e. The fourth-order valence-electron chi connectivity index (χ4n) is 2.24. The van der Waals surface area contributed by atoms with Crippen molar-refractivity contribution in [2.45, 2.75) is 24.3 Å². The molecule has 0 saturated carbocycles. The molecule has 1 saturated heterocycles. The summed E-state index contributed by atoms with van der Waals surface area (Å²) in [6.07, 6.45) is 0.590. The Hall–Kier alpha value is -1.49. The third kappa shape index (κ3) is 2.68. The molecule has 1 aromatic rings. The summed E-state index contributed by atoms with van der Waals surface area (Å²) < 4.78 is 39.6. The highest BCUT2D eigenvalue weighted by Gasteiger charge is 2.32. The molecule has 5 nitrogen and oxygen atoms in total. The van der Waals surface area contributed by atoms with Gasteiger partial charge in [0.05, 0.1) is 10.5 Å². The van der Waals surface area contributed by atoms with Gasteiger partial charge in [0.2, 0.25) is 10.0 Å². The molecule has 0 amide bonds. The molecule has 2 atom stereocenters. The number of halogens is 1. The van der Waals surface area contributed by atoms with Crippen LogP contribution in [-0.2, 0) is 10.0 Å². The lowest BCUT2D eigenvalue weighted by atomic mass is 9.96. The van der Waals surface area contributed by atoms with Crippen LogP contribution >= 0.6 is 0 Å². The first kappa shape index (κ1) is 14.9. The Morgan fingerprint density at radius 2 is 2.20 bits per heavy atom. The quantitative estimate of drug-likeness (QED) is 0.884. The predicted octanol–water partition coefficient (Wildman–Crippen LogP) is 1.06. The fraction of sp³-hybridized carbons (Fsp3) is 0.462. The molecular formula is C13H16FN3O2S. The van der Waals surface area contributed by atoms with Gasteiger partial charge in [-0.15, -0.1) is 0 Å². The highest BCUT2D eigenvalue weighted by atomic mass is 32.2. The second-order valence-electron chi connectivity index (χ2n) is 5.05. The topological polar surface area (TPSA) is 87.2 Å². The SMILES string of the molecule is CC1CN(S(=O)(=O)c2ccc(F)c(C#N)c2)CCC1N. The summed E-state index contributed by atoms with van der Waals surface area (Å²) in [5.74, 6) is -0.658. The number of rotatable bonds is 2. The maximum absolute atomic E-state index is 13.3. The van der Waals surface area contributed by atoms with Gasteiger partial charge in [0.25, 0.3) is 0 Å². The highest BCUT2D eigenvalue weighted by molar-refractivity contribution is 7.89. The molecule has 0 aromatic heterocycles. The van der Waals surface area contributed by atoms with E-state index in [-0.39, 0.29) is 22.4 Å². The number of sulfonamides is 1. The zero-order valence-corrected chi connectivity index (χ0v) is 11.9. The molecule has 1 fully saturated rings. The van der Waals surface area contributed by atoms with Crippen LogP contribution in [0.1, 0.15) is 18.9 Å². The molecule has 108 valence electrons. The third-order valence-electron chi connectivity index (χ3n) is 3.63. The standard InChI is InChI=1S/C13H16FN3O2S/c1-9-8-17(5-4-13(9)16)20(18,19)11-2-3-12(14)10(6-11)7-15/h2-3,6,9,13H,4-5,8,16H2,1H3. The minimum absolute atomic E-state index is 0.00987. The van der Waals surface area contributed by atoms with Crippen LogP contribution in [0, 0.1) is 23.1 Å². The van der Waals surface area contributed by atoms with Crippen molar-refractivity contribution in [2.24, 2.45) is 11.7 Å². The van der Waals surface area contributed by atoms with Gasteiger partial charge in [0.15, 0.2) is 0 Å². The van der Waals surface area contributed by atoms with E-state index in [1.807, 2.05) is 6.92 Å². The lowest BCUT2D eigenvalue weighted by molar-refractivity contribution is 0.250. The summed E-state index contributed by atoms with van der Waals surface area (Å²) in [5, 5.41) is 8.78. The molecule has 2 unspecified atom stereocenters. The average molecular weight is 297 g/mol. The summed E-state index contributed by atoms with van der Waals surface area (Å²) >= 11 is 0. The number of benzene rings is 1. The zero-order valence-electron chi connectivity index (χ0n) is 11.1. The Labute approximate surface area is 117 Å². The first-order valence-electron chi connectivity index (χ1n) is 6.31. The summed E-state index contributed by atoms with van der Waals surface area (Å²) in [5.41, 5.74) is 5.60. The third-order valence-corrected chi connectivity index (χ3v) is 5.49. The van der Waals surface area contributed by atoms with E-state index in [2.05, 4.69) is 0 Å². The van der Waals surface area contributed by atoms with Crippen molar-refractivity contribution in [1.82, 2.24) is 4.31 Å². The van der Waals surface area contributed by atoms with E-state index in [0.29, 0.717) is 19.5 Å². The molecule has 1 aliphatic rings. The predicted molar refractivity (Wildman–Crippen MR) is 71.6 cm³/mol. The first-order valence-corrected chi connectivity index (χ1v) is 7.75. The van der Waals surface area contributed by atoms with Gasteiger partial charge in [0, 0.05) is 19.1 Å². The van der Waals surface area contributed by atoms with Crippen LogP contribution in [0.2, 0.25) is 0 Å². The van der Waals surface area contributed by atoms with Crippen LogP contribution in [0.5, 0.6) is 0 Å². The number of hydrogen-bond acceptors (Lipinski definition) is 4. The molecule has 1 heterocycles. The second-order valence-corrected chi connectivity index (χ2v) is 6.98. The van der Waals surface area contributed by atoms with Gasteiger partial charge in [-0.2, -0.15) is 9.57 Å². The van der Waals surface area contributed by atoms with Crippen LogP contribution in [0.3, 0.4) is 0 Å². The van der Waals surface area contributed by atoms with Crippen LogP contribution in [-0.4, -0.2) is 31.9 Å². The molecule has 20 heavy (non-hydrogen) atoms. The van der Waals surface area contributed by atoms with Crippen LogP contribution < -0.4 is 5.73 Å². The molecule has 0 radical (unpaired) electrons. The molecule has 0 bridgehead atoms. The molecule has 2 rings (SSSR count). The minimum atomic E-state index is -3.71. The van der Waals surface area contributed by atoms with E-state index in [4.69, 9.17) is 11.0 Å². The molecule has 1 aromatic carbocycles. The Kier molecular flexibility index (Phi) is 4.09. The van der Waals surface area contributed by atoms with Gasteiger partial charge in [-0.3, -0.25) is 0 Å². The summed E-state index contributed by atoms with van der Waals surface area (Å²) in [7, 11) is -3.71. The van der Waals surface area contributed by atoms with Crippen molar-refractivity contribution in [3.63, 3.8) is 0 Å².